The van der Waals surface area contributed by atoms with Crippen LogP contribution < -0.4 is 14.8 Å². The third-order valence-electron chi connectivity index (χ3n) is 2.56. The van der Waals surface area contributed by atoms with Gasteiger partial charge in [-0.3, -0.25) is 4.79 Å². The Balaban J connectivity index is 1.84. The van der Waals surface area contributed by atoms with Crippen molar-refractivity contribution in [1.82, 2.24) is 0 Å². The lowest BCUT2D eigenvalue weighted by Crippen LogP contribution is -2.20. The Morgan fingerprint density at radius 2 is 1.65 bits per heavy atom. The number of hydrogen-bond acceptors (Lipinski definition) is 3. The molecule has 0 bridgehead atoms. The first kappa shape index (κ1) is 14.6. The molecule has 0 radical (unpaired) electrons. The molecule has 0 aliphatic carbocycles. The highest BCUT2D eigenvalue weighted by atomic mass is 127. The minimum absolute atomic E-state index is 0.0212. The average Bonchev–Trinajstić information content (AvgIpc) is 2.47. The van der Waals surface area contributed by atoms with Gasteiger partial charge in [0.15, 0.2) is 6.61 Å². The number of halogens is 1. The smallest absolute Gasteiger partial charge is 0.262 e. The second-order valence-electron chi connectivity index (χ2n) is 4.02. The summed E-state index contributed by atoms with van der Waals surface area (Å²) in [7, 11) is 1.60. The molecule has 2 aromatic carbocycles. The van der Waals surface area contributed by atoms with E-state index < -0.39 is 0 Å². The van der Waals surface area contributed by atoms with Crippen molar-refractivity contribution in [2.24, 2.45) is 0 Å². The lowest BCUT2D eigenvalue weighted by atomic mass is 10.3. The number of rotatable bonds is 5. The van der Waals surface area contributed by atoms with Crippen LogP contribution in [0.1, 0.15) is 0 Å². The molecule has 0 aliphatic heterocycles. The maximum atomic E-state index is 11.7. The molecule has 2 rings (SSSR count). The van der Waals surface area contributed by atoms with Gasteiger partial charge in [0.2, 0.25) is 0 Å². The third kappa shape index (κ3) is 4.41. The normalized spacial score (nSPS) is 9.90. The van der Waals surface area contributed by atoms with E-state index in [4.69, 9.17) is 9.47 Å². The first-order valence-electron chi connectivity index (χ1n) is 5.99. The summed E-state index contributed by atoms with van der Waals surface area (Å²) in [6.45, 7) is -0.0212. The van der Waals surface area contributed by atoms with E-state index in [9.17, 15) is 4.79 Å². The number of benzene rings is 2. The van der Waals surface area contributed by atoms with Gasteiger partial charge in [0.25, 0.3) is 5.91 Å². The SMILES string of the molecule is COc1ccc(NC(=O)COc2ccc(I)cc2)cc1. The van der Waals surface area contributed by atoms with Gasteiger partial charge in [0, 0.05) is 9.26 Å². The number of carbonyl (C=O) groups is 1. The van der Waals surface area contributed by atoms with Crippen molar-refractivity contribution in [2.75, 3.05) is 19.0 Å². The standard InChI is InChI=1S/C15H14INO3/c1-19-13-8-4-12(5-9-13)17-15(18)10-20-14-6-2-11(16)3-7-14/h2-9H,10H2,1H3,(H,17,18). The minimum Gasteiger partial charge on any atom is -0.497 e. The van der Waals surface area contributed by atoms with Gasteiger partial charge < -0.3 is 14.8 Å². The van der Waals surface area contributed by atoms with Gasteiger partial charge in [-0.15, -0.1) is 0 Å². The van der Waals surface area contributed by atoms with Crippen molar-refractivity contribution in [3.05, 3.63) is 52.1 Å². The summed E-state index contributed by atoms with van der Waals surface area (Å²) in [5, 5.41) is 2.75. The number of methoxy groups -OCH3 is 1. The molecule has 104 valence electrons. The van der Waals surface area contributed by atoms with Crippen LogP contribution in [0.15, 0.2) is 48.5 Å². The van der Waals surface area contributed by atoms with E-state index in [0.29, 0.717) is 11.4 Å². The average molecular weight is 383 g/mol. The second-order valence-corrected chi connectivity index (χ2v) is 5.26. The van der Waals surface area contributed by atoms with Crippen molar-refractivity contribution < 1.29 is 14.3 Å². The van der Waals surface area contributed by atoms with Crippen LogP contribution in [0.5, 0.6) is 11.5 Å². The van der Waals surface area contributed by atoms with E-state index in [-0.39, 0.29) is 12.5 Å². The molecule has 1 amide bonds. The van der Waals surface area contributed by atoms with Gasteiger partial charge in [-0.05, 0) is 71.1 Å². The van der Waals surface area contributed by atoms with E-state index in [1.165, 1.54) is 0 Å². The monoisotopic (exact) mass is 383 g/mol. The minimum atomic E-state index is -0.200. The Kier molecular flexibility index (Phi) is 5.23. The molecule has 1 N–H and O–H groups in total. The number of ether oxygens (including phenoxy) is 2. The number of hydrogen-bond donors (Lipinski definition) is 1. The van der Waals surface area contributed by atoms with Crippen LogP contribution in [-0.2, 0) is 4.79 Å². The summed E-state index contributed by atoms with van der Waals surface area (Å²) in [5.74, 6) is 1.22. The van der Waals surface area contributed by atoms with Crippen LogP contribution in [0, 0.1) is 3.57 Å². The molecule has 0 aliphatic rings. The molecule has 2 aromatic rings. The lowest BCUT2D eigenvalue weighted by molar-refractivity contribution is -0.118. The number of amides is 1. The summed E-state index contributed by atoms with van der Waals surface area (Å²) in [5.41, 5.74) is 0.710. The Hall–Kier alpha value is -1.76. The molecule has 5 heteroatoms. The maximum absolute atomic E-state index is 11.7. The molecule has 0 saturated heterocycles. The van der Waals surface area contributed by atoms with Gasteiger partial charge in [-0.25, -0.2) is 0 Å². The van der Waals surface area contributed by atoms with E-state index in [1.54, 1.807) is 31.4 Å². The molecule has 0 fully saturated rings. The van der Waals surface area contributed by atoms with Crippen molar-refractivity contribution >= 4 is 34.2 Å². The van der Waals surface area contributed by atoms with E-state index in [0.717, 1.165) is 9.32 Å². The van der Waals surface area contributed by atoms with Gasteiger partial charge in [-0.2, -0.15) is 0 Å². The fourth-order valence-corrected chi connectivity index (χ4v) is 1.91. The predicted octanol–water partition coefficient (Wildman–Crippen LogP) is 3.32. The van der Waals surface area contributed by atoms with E-state index >= 15 is 0 Å². The van der Waals surface area contributed by atoms with Crippen molar-refractivity contribution in [1.29, 1.82) is 0 Å². The molecule has 0 atom stereocenters. The Morgan fingerprint density at radius 1 is 1.05 bits per heavy atom. The van der Waals surface area contributed by atoms with Crippen molar-refractivity contribution in [2.45, 2.75) is 0 Å². The highest BCUT2D eigenvalue weighted by molar-refractivity contribution is 14.1. The number of anilines is 1. The number of nitrogens with one attached hydrogen (secondary N) is 1. The topological polar surface area (TPSA) is 47.6 Å². The Labute approximate surface area is 131 Å². The van der Waals surface area contributed by atoms with Crippen LogP contribution in [0.25, 0.3) is 0 Å². The second kappa shape index (κ2) is 7.14. The molecule has 0 saturated carbocycles. The van der Waals surface area contributed by atoms with Gasteiger partial charge in [-0.1, -0.05) is 0 Å². The third-order valence-corrected chi connectivity index (χ3v) is 3.28. The molecular weight excluding hydrogens is 369 g/mol. The fraction of sp³-hybridized carbons (Fsp3) is 0.133. The summed E-state index contributed by atoms with van der Waals surface area (Å²) < 4.78 is 11.6. The zero-order valence-corrected chi connectivity index (χ0v) is 13.1. The summed E-state index contributed by atoms with van der Waals surface area (Å²) >= 11 is 2.21. The molecule has 0 spiro atoms. The molecule has 0 aromatic heterocycles. The summed E-state index contributed by atoms with van der Waals surface area (Å²) in [6, 6.07) is 14.7. The largest absolute Gasteiger partial charge is 0.497 e. The van der Waals surface area contributed by atoms with E-state index in [1.807, 2.05) is 24.3 Å². The Morgan fingerprint density at radius 3 is 2.25 bits per heavy atom. The fourth-order valence-electron chi connectivity index (χ4n) is 1.55. The van der Waals surface area contributed by atoms with Gasteiger partial charge in [0.1, 0.15) is 11.5 Å². The maximum Gasteiger partial charge on any atom is 0.262 e. The predicted molar refractivity (Wildman–Crippen MR) is 86.3 cm³/mol. The lowest BCUT2D eigenvalue weighted by Gasteiger charge is -2.08. The molecule has 0 heterocycles. The quantitative estimate of drug-likeness (QED) is 0.806. The van der Waals surface area contributed by atoms with Crippen molar-refractivity contribution in [3.8, 4) is 11.5 Å². The van der Waals surface area contributed by atoms with Gasteiger partial charge in [0.05, 0.1) is 7.11 Å². The van der Waals surface area contributed by atoms with Crippen LogP contribution in [0.2, 0.25) is 0 Å². The molecule has 20 heavy (non-hydrogen) atoms. The van der Waals surface area contributed by atoms with Crippen molar-refractivity contribution in [3.63, 3.8) is 0 Å². The van der Waals surface area contributed by atoms with Gasteiger partial charge >= 0.3 is 0 Å². The van der Waals surface area contributed by atoms with Crippen LogP contribution >= 0.6 is 22.6 Å². The molecular formula is C15H14INO3. The van der Waals surface area contributed by atoms with E-state index in [2.05, 4.69) is 27.9 Å². The summed E-state index contributed by atoms with van der Waals surface area (Å²) in [4.78, 5) is 11.7. The zero-order chi connectivity index (χ0) is 14.4. The number of carbonyl (C=O) groups excluding carboxylic acids is 1. The van der Waals surface area contributed by atoms with Crippen LogP contribution in [-0.4, -0.2) is 19.6 Å². The molecule has 4 nitrogen and oxygen atoms in total. The summed E-state index contributed by atoms with van der Waals surface area (Å²) in [6.07, 6.45) is 0. The first-order valence-corrected chi connectivity index (χ1v) is 7.07. The van der Waals surface area contributed by atoms with Crippen LogP contribution in [0.4, 0.5) is 5.69 Å². The Bertz CT molecular complexity index is 567. The molecule has 0 unspecified atom stereocenters. The zero-order valence-electron chi connectivity index (χ0n) is 10.9. The highest BCUT2D eigenvalue weighted by Gasteiger charge is 2.04. The highest BCUT2D eigenvalue weighted by Crippen LogP contribution is 2.16. The van der Waals surface area contributed by atoms with Crippen LogP contribution in [0.3, 0.4) is 0 Å². The first-order chi connectivity index (χ1) is 9.67.